The number of hydrogen-bond acceptors (Lipinski definition) is 6. The van der Waals surface area contributed by atoms with E-state index >= 15 is 0 Å². The minimum absolute atomic E-state index is 0.303. The highest BCUT2D eigenvalue weighted by Gasteiger charge is 2.20. The molecule has 0 unspecified atom stereocenters. The lowest BCUT2D eigenvalue weighted by atomic mass is 10.1. The van der Waals surface area contributed by atoms with Crippen LogP contribution < -0.4 is 11.5 Å². The van der Waals surface area contributed by atoms with Gasteiger partial charge >= 0.3 is 0 Å². The van der Waals surface area contributed by atoms with Crippen LogP contribution in [0.3, 0.4) is 0 Å². The third-order valence-corrected chi connectivity index (χ3v) is 6.94. The van der Waals surface area contributed by atoms with Gasteiger partial charge in [-0.3, -0.25) is 9.47 Å². The zero-order chi connectivity index (χ0) is 25.4. The summed E-state index contributed by atoms with van der Waals surface area (Å²) in [4.78, 5) is 16.5. The number of halogens is 1. The minimum atomic E-state index is -0.303. The zero-order valence-corrected chi connectivity index (χ0v) is 20.4. The molecule has 7 nitrogen and oxygen atoms in total. The number of imidazole rings is 1. The molecule has 0 amide bonds. The van der Waals surface area contributed by atoms with Gasteiger partial charge < -0.3 is 11.5 Å². The Morgan fingerprint density at radius 2 is 1.73 bits per heavy atom. The van der Waals surface area contributed by atoms with Crippen molar-refractivity contribution in [2.24, 2.45) is 5.73 Å². The SMILES string of the molecule is Nc1ncccc1-c1nc2ccc(-c3cccc(F)c3)nc2n1-c1ccc(CN2CCC(N)CC2)cc1. The first-order valence-electron chi connectivity index (χ1n) is 12.5. The number of rotatable bonds is 5. The quantitative estimate of drug-likeness (QED) is 0.365. The van der Waals surface area contributed by atoms with Crippen molar-refractivity contribution in [3.05, 3.63) is 90.4 Å². The zero-order valence-electron chi connectivity index (χ0n) is 20.4. The van der Waals surface area contributed by atoms with Crippen LogP contribution in [0.2, 0.25) is 0 Å². The molecule has 0 radical (unpaired) electrons. The van der Waals surface area contributed by atoms with Gasteiger partial charge in [0.05, 0.1) is 11.3 Å². The Kier molecular flexibility index (Phi) is 6.12. The molecular weight excluding hydrogens is 465 g/mol. The molecule has 4 heterocycles. The van der Waals surface area contributed by atoms with Crippen molar-refractivity contribution in [2.75, 3.05) is 18.8 Å². The van der Waals surface area contributed by atoms with E-state index in [1.807, 2.05) is 34.9 Å². The number of nitrogens with two attached hydrogens (primary N) is 2. The maximum Gasteiger partial charge on any atom is 0.165 e. The lowest BCUT2D eigenvalue weighted by molar-refractivity contribution is 0.205. The van der Waals surface area contributed by atoms with E-state index in [1.54, 1.807) is 12.3 Å². The second-order valence-electron chi connectivity index (χ2n) is 9.54. The van der Waals surface area contributed by atoms with Crippen molar-refractivity contribution in [1.82, 2.24) is 24.4 Å². The van der Waals surface area contributed by atoms with Crippen molar-refractivity contribution in [1.29, 1.82) is 0 Å². The van der Waals surface area contributed by atoms with Gasteiger partial charge in [-0.1, -0.05) is 24.3 Å². The molecule has 8 heteroatoms. The smallest absolute Gasteiger partial charge is 0.165 e. The monoisotopic (exact) mass is 493 g/mol. The first-order chi connectivity index (χ1) is 18.0. The summed E-state index contributed by atoms with van der Waals surface area (Å²) in [6, 6.07) is 22.7. The van der Waals surface area contributed by atoms with Crippen molar-refractivity contribution in [2.45, 2.75) is 25.4 Å². The molecule has 186 valence electrons. The maximum absolute atomic E-state index is 13.9. The van der Waals surface area contributed by atoms with Crippen molar-refractivity contribution in [3.8, 4) is 28.3 Å². The fourth-order valence-electron chi connectivity index (χ4n) is 4.92. The highest BCUT2D eigenvalue weighted by Crippen LogP contribution is 2.32. The Morgan fingerprint density at radius 1 is 0.919 bits per heavy atom. The molecule has 0 atom stereocenters. The first-order valence-corrected chi connectivity index (χ1v) is 12.5. The molecule has 0 saturated carbocycles. The number of fused-ring (bicyclic) bond motifs is 1. The van der Waals surface area contributed by atoms with E-state index in [9.17, 15) is 4.39 Å². The largest absolute Gasteiger partial charge is 0.383 e. The summed E-state index contributed by atoms with van der Waals surface area (Å²) in [5.74, 6) is 0.745. The van der Waals surface area contributed by atoms with Gasteiger partial charge in [0.25, 0.3) is 0 Å². The number of likely N-dealkylation sites (tertiary alicyclic amines) is 1. The second kappa shape index (κ2) is 9.72. The summed E-state index contributed by atoms with van der Waals surface area (Å²) in [7, 11) is 0. The Balaban J connectivity index is 1.44. The summed E-state index contributed by atoms with van der Waals surface area (Å²) in [5.41, 5.74) is 17.9. The van der Waals surface area contributed by atoms with Crippen LogP contribution in [0, 0.1) is 5.82 Å². The minimum Gasteiger partial charge on any atom is -0.383 e. The third-order valence-electron chi connectivity index (χ3n) is 6.94. The van der Waals surface area contributed by atoms with Crippen molar-refractivity contribution < 1.29 is 4.39 Å². The predicted molar refractivity (Wildman–Crippen MR) is 144 cm³/mol. The van der Waals surface area contributed by atoms with E-state index < -0.39 is 0 Å². The molecule has 6 rings (SSSR count). The van der Waals surface area contributed by atoms with Crippen LogP contribution >= 0.6 is 0 Å². The molecule has 4 N–H and O–H groups in total. The molecule has 2 aromatic carbocycles. The lowest BCUT2D eigenvalue weighted by Crippen LogP contribution is -2.39. The molecule has 0 aliphatic carbocycles. The predicted octanol–water partition coefficient (Wildman–Crippen LogP) is 4.79. The summed E-state index contributed by atoms with van der Waals surface area (Å²) < 4.78 is 15.9. The van der Waals surface area contributed by atoms with Crippen LogP contribution in [0.15, 0.2) is 79.0 Å². The summed E-state index contributed by atoms with van der Waals surface area (Å²) in [6.07, 6.45) is 3.73. The standard InChI is InChI=1S/C29H28FN7/c30-21-4-1-3-20(17-21)25-10-11-26-29(34-25)37(28(35-26)24-5-2-14-33-27(24)32)23-8-6-19(7-9-23)18-36-15-12-22(31)13-16-36/h1-11,14,17,22H,12-13,15-16,18,31H2,(H2,32,33). The molecule has 0 bridgehead atoms. The number of piperidine rings is 1. The van der Waals surface area contributed by atoms with Gasteiger partial charge in [-0.2, -0.15) is 0 Å². The number of pyridine rings is 2. The van der Waals surface area contributed by atoms with Crippen LogP contribution in [0.5, 0.6) is 0 Å². The Labute approximate surface area is 214 Å². The topological polar surface area (TPSA) is 98.9 Å². The van der Waals surface area contributed by atoms with Gasteiger partial charge in [-0.25, -0.2) is 19.3 Å². The molecule has 1 aliphatic rings. The highest BCUT2D eigenvalue weighted by molar-refractivity contribution is 5.84. The fourth-order valence-corrected chi connectivity index (χ4v) is 4.92. The van der Waals surface area contributed by atoms with Crippen molar-refractivity contribution >= 4 is 17.0 Å². The average Bonchev–Trinajstić information content (AvgIpc) is 3.29. The van der Waals surface area contributed by atoms with E-state index in [2.05, 4.69) is 34.1 Å². The Bertz CT molecular complexity index is 1550. The van der Waals surface area contributed by atoms with Crippen LogP contribution in [0.25, 0.3) is 39.5 Å². The van der Waals surface area contributed by atoms with Crippen LogP contribution in [0.4, 0.5) is 10.2 Å². The molecule has 37 heavy (non-hydrogen) atoms. The molecule has 5 aromatic rings. The normalized spacial score (nSPS) is 14.9. The number of anilines is 1. The maximum atomic E-state index is 13.9. The Hall–Kier alpha value is -4.14. The van der Waals surface area contributed by atoms with Gasteiger partial charge in [0, 0.05) is 30.0 Å². The van der Waals surface area contributed by atoms with Gasteiger partial charge in [-0.05, 0) is 80.0 Å². The van der Waals surface area contributed by atoms with Gasteiger partial charge in [0.15, 0.2) is 11.5 Å². The van der Waals surface area contributed by atoms with E-state index in [0.29, 0.717) is 40.1 Å². The fraction of sp³-hybridized carbons (Fsp3) is 0.207. The molecule has 1 fully saturated rings. The average molecular weight is 494 g/mol. The molecular formula is C29H28FN7. The summed E-state index contributed by atoms with van der Waals surface area (Å²) >= 11 is 0. The highest BCUT2D eigenvalue weighted by atomic mass is 19.1. The number of aromatic nitrogens is 4. The second-order valence-corrected chi connectivity index (χ2v) is 9.54. The van der Waals surface area contributed by atoms with Gasteiger partial charge in [0.2, 0.25) is 0 Å². The number of benzene rings is 2. The summed E-state index contributed by atoms with van der Waals surface area (Å²) in [6.45, 7) is 2.93. The first kappa shape index (κ1) is 23.3. The lowest BCUT2D eigenvalue weighted by Gasteiger charge is -2.30. The summed E-state index contributed by atoms with van der Waals surface area (Å²) in [5, 5.41) is 0. The van der Waals surface area contributed by atoms with Gasteiger partial charge in [-0.15, -0.1) is 0 Å². The van der Waals surface area contributed by atoms with E-state index in [0.717, 1.165) is 43.7 Å². The molecule has 1 aliphatic heterocycles. The van der Waals surface area contributed by atoms with E-state index in [4.69, 9.17) is 21.4 Å². The molecule has 3 aromatic heterocycles. The van der Waals surface area contributed by atoms with Crippen LogP contribution in [0.1, 0.15) is 18.4 Å². The van der Waals surface area contributed by atoms with E-state index in [-0.39, 0.29) is 5.82 Å². The van der Waals surface area contributed by atoms with Crippen LogP contribution in [-0.4, -0.2) is 43.6 Å². The number of nitrogens with zero attached hydrogens (tertiary/aromatic N) is 5. The molecule has 1 saturated heterocycles. The number of nitrogen functional groups attached to an aromatic ring is 1. The molecule has 0 spiro atoms. The van der Waals surface area contributed by atoms with E-state index in [1.165, 1.54) is 17.7 Å². The van der Waals surface area contributed by atoms with Crippen LogP contribution in [-0.2, 0) is 6.54 Å². The van der Waals surface area contributed by atoms with Gasteiger partial charge in [0.1, 0.15) is 17.2 Å². The number of hydrogen-bond donors (Lipinski definition) is 2. The Morgan fingerprint density at radius 3 is 2.49 bits per heavy atom. The third kappa shape index (κ3) is 4.69. The van der Waals surface area contributed by atoms with Crippen molar-refractivity contribution in [3.63, 3.8) is 0 Å².